The Kier molecular flexibility index (Phi) is 5.73. The zero-order valence-corrected chi connectivity index (χ0v) is 11.5. The largest absolute Gasteiger partial charge is 0.339 e. The van der Waals surface area contributed by atoms with Gasteiger partial charge in [-0.1, -0.05) is 20.8 Å². The van der Waals surface area contributed by atoms with Gasteiger partial charge in [0.1, 0.15) is 0 Å². The lowest BCUT2D eigenvalue weighted by atomic mass is 9.86. The Bertz CT molecular complexity index is 232. The Hall–Kier alpha value is -0.320. The second-order valence-corrected chi connectivity index (χ2v) is 5.47. The van der Waals surface area contributed by atoms with Crippen molar-refractivity contribution in [2.75, 3.05) is 33.2 Å². The standard InChI is InChI=1S/C11H23N3O.ClH/c1-11(2,3)9(12)10(15)14-7-5-13(4)6-8-14;/h9H,5-8,12H2,1-4H3;1H/t9-;/m1./s1. The molecule has 4 nitrogen and oxygen atoms in total. The van der Waals surface area contributed by atoms with E-state index in [1.807, 2.05) is 25.7 Å². The molecule has 1 atom stereocenters. The lowest BCUT2D eigenvalue weighted by Crippen LogP contribution is -2.55. The summed E-state index contributed by atoms with van der Waals surface area (Å²) in [5, 5.41) is 0. The molecule has 1 aliphatic heterocycles. The Morgan fingerprint density at radius 1 is 1.19 bits per heavy atom. The molecule has 0 radical (unpaired) electrons. The number of nitrogens with two attached hydrogens (primary N) is 1. The van der Waals surface area contributed by atoms with E-state index < -0.39 is 0 Å². The zero-order valence-electron chi connectivity index (χ0n) is 10.7. The molecule has 0 unspecified atom stereocenters. The first-order valence-electron chi connectivity index (χ1n) is 5.55. The van der Waals surface area contributed by atoms with Crippen LogP contribution in [0.5, 0.6) is 0 Å². The van der Waals surface area contributed by atoms with Crippen LogP contribution in [0.4, 0.5) is 0 Å². The summed E-state index contributed by atoms with van der Waals surface area (Å²) in [4.78, 5) is 16.1. The van der Waals surface area contributed by atoms with Crippen molar-refractivity contribution in [1.82, 2.24) is 9.80 Å². The maximum atomic E-state index is 12.0. The van der Waals surface area contributed by atoms with Gasteiger partial charge in [-0.25, -0.2) is 0 Å². The van der Waals surface area contributed by atoms with Gasteiger partial charge in [0.15, 0.2) is 0 Å². The summed E-state index contributed by atoms with van der Waals surface area (Å²) in [5.74, 6) is 0.0931. The molecule has 0 bridgehead atoms. The Morgan fingerprint density at radius 2 is 1.62 bits per heavy atom. The quantitative estimate of drug-likeness (QED) is 0.739. The molecule has 0 aromatic carbocycles. The van der Waals surface area contributed by atoms with Crippen LogP contribution in [-0.2, 0) is 4.79 Å². The summed E-state index contributed by atoms with van der Waals surface area (Å²) >= 11 is 0. The number of piperazine rings is 1. The van der Waals surface area contributed by atoms with Crippen LogP contribution in [0.15, 0.2) is 0 Å². The Labute approximate surface area is 105 Å². The monoisotopic (exact) mass is 249 g/mol. The third-order valence-electron chi connectivity index (χ3n) is 3.01. The van der Waals surface area contributed by atoms with Gasteiger partial charge < -0.3 is 15.5 Å². The first-order chi connectivity index (χ1) is 6.82. The molecule has 2 N–H and O–H groups in total. The van der Waals surface area contributed by atoms with Crippen LogP contribution < -0.4 is 5.73 Å². The third kappa shape index (κ3) is 3.92. The van der Waals surface area contributed by atoms with E-state index >= 15 is 0 Å². The minimum Gasteiger partial charge on any atom is -0.339 e. The summed E-state index contributed by atoms with van der Waals surface area (Å²) in [6, 6.07) is -0.388. The molecule has 1 heterocycles. The normalized spacial score (nSPS) is 20.2. The van der Waals surface area contributed by atoms with Crippen molar-refractivity contribution in [3.8, 4) is 0 Å². The highest BCUT2D eigenvalue weighted by Crippen LogP contribution is 2.19. The first kappa shape index (κ1) is 15.7. The molecule has 16 heavy (non-hydrogen) atoms. The van der Waals surface area contributed by atoms with Crippen molar-refractivity contribution in [3.05, 3.63) is 0 Å². The van der Waals surface area contributed by atoms with Gasteiger partial charge in [-0.3, -0.25) is 4.79 Å². The molecular formula is C11H24ClN3O. The first-order valence-corrected chi connectivity index (χ1v) is 5.55. The smallest absolute Gasteiger partial charge is 0.240 e. The van der Waals surface area contributed by atoms with Gasteiger partial charge in [0.05, 0.1) is 6.04 Å². The van der Waals surface area contributed by atoms with Crippen LogP contribution in [-0.4, -0.2) is 55.0 Å². The van der Waals surface area contributed by atoms with Crippen LogP contribution in [0.25, 0.3) is 0 Å². The predicted octanol–water partition coefficient (Wildman–Crippen LogP) is 0.556. The van der Waals surface area contributed by atoms with Gasteiger partial charge in [-0.15, -0.1) is 12.4 Å². The minimum absolute atomic E-state index is 0. The summed E-state index contributed by atoms with van der Waals surface area (Å²) in [7, 11) is 2.07. The SMILES string of the molecule is CN1CCN(C(=O)[C@@H](N)C(C)(C)C)CC1.Cl. The van der Waals surface area contributed by atoms with Crippen LogP contribution in [0.3, 0.4) is 0 Å². The number of carbonyl (C=O) groups is 1. The number of likely N-dealkylation sites (N-methyl/N-ethyl adjacent to an activating group) is 1. The fourth-order valence-electron chi connectivity index (χ4n) is 1.59. The fourth-order valence-corrected chi connectivity index (χ4v) is 1.59. The highest BCUT2D eigenvalue weighted by atomic mass is 35.5. The highest BCUT2D eigenvalue weighted by molar-refractivity contribution is 5.85. The maximum Gasteiger partial charge on any atom is 0.240 e. The topological polar surface area (TPSA) is 49.6 Å². The fraction of sp³-hybridized carbons (Fsp3) is 0.909. The summed E-state index contributed by atoms with van der Waals surface area (Å²) in [6.07, 6.45) is 0. The van der Waals surface area contributed by atoms with Gasteiger partial charge in [-0.05, 0) is 12.5 Å². The molecule has 1 amide bonds. The van der Waals surface area contributed by atoms with E-state index in [9.17, 15) is 4.79 Å². The molecule has 1 fully saturated rings. The molecule has 1 rings (SSSR count). The van der Waals surface area contributed by atoms with Crippen LogP contribution in [0, 0.1) is 5.41 Å². The Morgan fingerprint density at radius 3 is 2.00 bits per heavy atom. The van der Waals surface area contributed by atoms with Gasteiger partial charge in [0.25, 0.3) is 0 Å². The number of rotatable bonds is 1. The van der Waals surface area contributed by atoms with Crippen LogP contribution in [0.1, 0.15) is 20.8 Å². The average molecular weight is 250 g/mol. The third-order valence-corrected chi connectivity index (χ3v) is 3.01. The molecule has 5 heteroatoms. The lowest BCUT2D eigenvalue weighted by Gasteiger charge is -2.36. The number of hydrogen-bond acceptors (Lipinski definition) is 3. The van der Waals surface area contributed by atoms with E-state index in [-0.39, 0.29) is 29.8 Å². The molecular weight excluding hydrogens is 226 g/mol. The van der Waals surface area contributed by atoms with Gasteiger partial charge in [0, 0.05) is 26.2 Å². The van der Waals surface area contributed by atoms with Gasteiger partial charge in [0.2, 0.25) is 5.91 Å². The number of nitrogens with zero attached hydrogens (tertiary/aromatic N) is 2. The molecule has 0 aromatic rings. The zero-order chi connectivity index (χ0) is 11.6. The van der Waals surface area contributed by atoms with E-state index in [4.69, 9.17) is 5.73 Å². The molecule has 0 aliphatic carbocycles. The van der Waals surface area contributed by atoms with Crippen LogP contribution >= 0.6 is 12.4 Å². The van der Waals surface area contributed by atoms with E-state index in [2.05, 4.69) is 11.9 Å². The van der Waals surface area contributed by atoms with E-state index in [0.29, 0.717) is 0 Å². The van der Waals surface area contributed by atoms with E-state index in [1.165, 1.54) is 0 Å². The van der Waals surface area contributed by atoms with Crippen LogP contribution in [0.2, 0.25) is 0 Å². The minimum atomic E-state index is -0.388. The number of halogens is 1. The van der Waals surface area contributed by atoms with Crippen molar-refractivity contribution in [3.63, 3.8) is 0 Å². The predicted molar refractivity (Wildman–Crippen MR) is 68.8 cm³/mol. The van der Waals surface area contributed by atoms with Crippen molar-refractivity contribution >= 4 is 18.3 Å². The summed E-state index contributed by atoms with van der Waals surface area (Å²) in [5.41, 5.74) is 5.80. The second kappa shape index (κ2) is 5.84. The number of amides is 1. The van der Waals surface area contributed by atoms with E-state index in [1.54, 1.807) is 0 Å². The molecule has 1 saturated heterocycles. The molecule has 1 aliphatic rings. The van der Waals surface area contributed by atoms with Crippen molar-refractivity contribution < 1.29 is 4.79 Å². The number of carbonyl (C=O) groups excluding carboxylic acids is 1. The molecule has 0 saturated carbocycles. The van der Waals surface area contributed by atoms with Gasteiger partial charge in [-0.2, -0.15) is 0 Å². The number of hydrogen-bond donors (Lipinski definition) is 1. The lowest BCUT2D eigenvalue weighted by molar-refractivity contribution is -0.136. The van der Waals surface area contributed by atoms with Crippen molar-refractivity contribution in [1.29, 1.82) is 0 Å². The summed E-state index contributed by atoms with van der Waals surface area (Å²) in [6.45, 7) is 9.52. The maximum absolute atomic E-state index is 12.0. The second-order valence-electron chi connectivity index (χ2n) is 5.47. The summed E-state index contributed by atoms with van der Waals surface area (Å²) < 4.78 is 0. The van der Waals surface area contributed by atoms with Gasteiger partial charge >= 0.3 is 0 Å². The Balaban J connectivity index is 0.00000225. The molecule has 0 aromatic heterocycles. The van der Waals surface area contributed by atoms with E-state index in [0.717, 1.165) is 26.2 Å². The molecule has 96 valence electrons. The average Bonchev–Trinajstić information content (AvgIpc) is 2.15. The van der Waals surface area contributed by atoms with Crippen molar-refractivity contribution in [2.24, 2.45) is 11.1 Å². The van der Waals surface area contributed by atoms with Crippen molar-refractivity contribution in [2.45, 2.75) is 26.8 Å². The highest BCUT2D eigenvalue weighted by Gasteiger charge is 2.31. The molecule has 0 spiro atoms.